The van der Waals surface area contributed by atoms with Crippen molar-refractivity contribution in [1.82, 2.24) is 14.7 Å². The minimum Gasteiger partial charge on any atom is -0.396 e. The van der Waals surface area contributed by atoms with E-state index in [1.165, 1.54) is 5.56 Å². The molecule has 120 valence electrons. The van der Waals surface area contributed by atoms with Crippen LogP contribution in [0.5, 0.6) is 0 Å². The Morgan fingerprint density at radius 2 is 1.95 bits per heavy atom. The van der Waals surface area contributed by atoms with Gasteiger partial charge in [0, 0.05) is 25.8 Å². The molecular formula is C16H28ClN3O. The lowest BCUT2D eigenvalue weighted by Crippen LogP contribution is -2.41. The fourth-order valence-electron chi connectivity index (χ4n) is 3.21. The maximum absolute atomic E-state index is 9.63. The first-order valence-corrected chi connectivity index (χ1v) is 8.34. The van der Waals surface area contributed by atoms with Crippen LogP contribution in [0.15, 0.2) is 0 Å². The van der Waals surface area contributed by atoms with Crippen LogP contribution in [0.4, 0.5) is 0 Å². The quantitative estimate of drug-likeness (QED) is 0.907. The van der Waals surface area contributed by atoms with Gasteiger partial charge in [0.05, 0.1) is 5.69 Å². The van der Waals surface area contributed by atoms with Crippen molar-refractivity contribution in [1.29, 1.82) is 0 Å². The smallest absolute Gasteiger partial charge is 0.131 e. The van der Waals surface area contributed by atoms with Gasteiger partial charge in [-0.25, -0.2) is 0 Å². The van der Waals surface area contributed by atoms with Crippen LogP contribution < -0.4 is 0 Å². The number of aryl methyl sites for hydroxylation is 1. The van der Waals surface area contributed by atoms with Crippen LogP contribution in [0.2, 0.25) is 5.15 Å². The van der Waals surface area contributed by atoms with Gasteiger partial charge in [-0.3, -0.25) is 9.58 Å². The van der Waals surface area contributed by atoms with E-state index < -0.39 is 0 Å². The SMILES string of the molecule is CCC1(CO)CCN(Cc2c(C(C)C)nn(C)c2Cl)CC1. The van der Waals surface area contributed by atoms with Crippen molar-refractivity contribution in [2.24, 2.45) is 12.5 Å². The largest absolute Gasteiger partial charge is 0.396 e. The Labute approximate surface area is 133 Å². The summed E-state index contributed by atoms with van der Waals surface area (Å²) in [5, 5.41) is 14.9. The standard InChI is InChI=1S/C16H28ClN3O/c1-5-16(11-21)6-8-20(9-7-16)10-13-14(12(2)3)18-19(4)15(13)17/h12,21H,5-11H2,1-4H3. The van der Waals surface area contributed by atoms with Gasteiger partial charge >= 0.3 is 0 Å². The van der Waals surface area contributed by atoms with Gasteiger partial charge in [0.1, 0.15) is 5.15 Å². The lowest BCUT2D eigenvalue weighted by molar-refractivity contribution is 0.0381. The number of nitrogens with zero attached hydrogens (tertiary/aromatic N) is 3. The minimum absolute atomic E-state index is 0.135. The second kappa shape index (κ2) is 6.67. The third-order valence-corrected chi connectivity index (χ3v) is 5.50. The maximum Gasteiger partial charge on any atom is 0.131 e. The molecule has 1 N–H and O–H groups in total. The molecule has 1 aromatic rings. The zero-order valence-corrected chi connectivity index (χ0v) is 14.4. The van der Waals surface area contributed by atoms with Crippen LogP contribution >= 0.6 is 11.6 Å². The second-order valence-electron chi connectivity index (χ2n) is 6.72. The first-order valence-electron chi connectivity index (χ1n) is 7.97. The van der Waals surface area contributed by atoms with Crippen molar-refractivity contribution in [3.8, 4) is 0 Å². The molecule has 0 aliphatic carbocycles. The summed E-state index contributed by atoms with van der Waals surface area (Å²) in [5.74, 6) is 0.385. The molecule has 21 heavy (non-hydrogen) atoms. The van der Waals surface area contributed by atoms with E-state index in [0.717, 1.165) is 49.7 Å². The average Bonchev–Trinajstić information content (AvgIpc) is 2.77. The van der Waals surface area contributed by atoms with E-state index in [1.54, 1.807) is 4.68 Å². The first-order chi connectivity index (χ1) is 9.92. The number of hydrogen-bond acceptors (Lipinski definition) is 3. The molecule has 0 atom stereocenters. The number of aromatic nitrogens is 2. The van der Waals surface area contributed by atoms with Gasteiger partial charge in [-0.15, -0.1) is 0 Å². The van der Waals surface area contributed by atoms with Crippen LogP contribution in [-0.2, 0) is 13.6 Å². The minimum atomic E-state index is 0.135. The zero-order valence-electron chi connectivity index (χ0n) is 13.7. The molecule has 0 unspecified atom stereocenters. The number of piperidine rings is 1. The highest BCUT2D eigenvalue weighted by atomic mass is 35.5. The Kier molecular flexibility index (Phi) is 5.33. The molecule has 2 heterocycles. The molecular weight excluding hydrogens is 286 g/mol. The van der Waals surface area contributed by atoms with Gasteiger partial charge in [0.15, 0.2) is 0 Å². The Bertz CT molecular complexity index is 470. The summed E-state index contributed by atoms with van der Waals surface area (Å²) in [7, 11) is 1.90. The van der Waals surface area contributed by atoms with E-state index in [4.69, 9.17) is 11.6 Å². The molecule has 0 spiro atoms. The van der Waals surface area contributed by atoms with Gasteiger partial charge in [-0.1, -0.05) is 32.4 Å². The van der Waals surface area contributed by atoms with E-state index in [2.05, 4.69) is 30.8 Å². The summed E-state index contributed by atoms with van der Waals surface area (Å²) in [6, 6.07) is 0. The number of likely N-dealkylation sites (tertiary alicyclic amines) is 1. The van der Waals surface area contributed by atoms with E-state index in [1.807, 2.05) is 7.05 Å². The van der Waals surface area contributed by atoms with Crippen molar-refractivity contribution in [2.45, 2.75) is 52.5 Å². The third-order valence-electron chi connectivity index (χ3n) is 5.03. The molecule has 0 saturated carbocycles. The van der Waals surface area contributed by atoms with Crippen LogP contribution in [0.25, 0.3) is 0 Å². The Morgan fingerprint density at radius 3 is 2.43 bits per heavy atom. The highest BCUT2D eigenvalue weighted by molar-refractivity contribution is 6.30. The van der Waals surface area contributed by atoms with Crippen LogP contribution in [-0.4, -0.2) is 39.5 Å². The summed E-state index contributed by atoms with van der Waals surface area (Å²) in [6.45, 7) is 9.72. The molecule has 5 heteroatoms. The third kappa shape index (κ3) is 3.43. The summed E-state index contributed by atoms with van der Waals surface area (Å²) in [4.78, 5) is 2.44. The molecule has 4 nitrogen and oxygen atoms in total. The van der Waals surface area contributed by atoms with Crippen LogP contribution in [0.3, 0.4) is 0 Å². The molecule has 0 amide bonds. The average molecular weight is 314 g/mol. The van der Waals surface area contributed by atoms with Gasteiger partial charge in [-0.2, -0.15) is 5.10 Å². The number of aliphatic hydroxyl groups is 1. The van der Waals surface area contributed by atoms with Crippen molar-refractivity contribution in [3.05, 3.63) is 16.4 Å². The van der Waals surface area contributed by atoms with Crippen molar-refractivity contribution in [3.63, 3.8) is 0 Å². The maximum atomic E-state index is 9.63. The number of halogens is 1. The summed E-state index contributed by atoms with van der Waals surface area (Å²) >= 11 is 6.42. The van der Waals surface area contributed by atoms with Crippen LogP contribution in [0, 0.1) is 5.41 Å². The molecule has 0 radical (unpaired) electrons. The second-order valence-corrected chi connectivity index (χ2v) is 7.08. The topological polar surface area (TPSA) is 41.3 Å². The Hall–Kier alpha value is -0.580. The van der Waals surface area contributed by atoms with Gasteiger partial charge < -0.3 is 5.11 Å². The molecule has 2 rings (SSSR count). The first kappa shape index (κ1) is 16.8. The normalized spacial score (nSPS) is 19.4. The molecule has 1 fully saturated rings. The van der Waals surface area contributed by atoms with E-state index >= 15 is 0 Å². The monoisotopic (exact) mass is 313 g/mol. The molecule has 0 bridgehead atoms. The fraction of sp³-hybridized carbons (Fsp3) is 0.812. The predicted molar refractivity (Wildman–Crippen MR) is 86.6 cm³/mol. The Morgan fingerprint density at radius 1 is 1.33 bits per heavy atom. The number of hydrogen-bond donors (Lipinski definition) is 1. The summed E-state index contributed by atoms with van der Waals surface area (Å²) in [6.07, 6.45) is 3.19. The number of aliphatic hydroxyl groups excluding tert-OH is 1. The van der Waals surface area contributed by atoms with Gasteiger partial charge in [-0.05, 0) is 43.7 Å². The summed E-state index contributed by atoms with van der Waals surface area (Å²) < 4.78 is 1.78. The molecule has 1 aromatic heterocycles. The van der Waals surface area contributed by atoms with E-state index in [0.29, 0.717) is 12.5 Å². The van der Waals surface area contributed by atoms with Crippen molar-refractivity contribution < 1.29 is 5.11 Å². The van der Waals surface area contributed by atoms with Crippen molar-refractivity contribution >= 4 is 11.6 Å². The fourth-order valence-corrected chi connectivity index (χ4v) is 3.40. The predicted octanol–water partition coefficient (Wildman–Crippen LogP) is 3.18. The molecule has 1 aliphatic heterocycles. The highest BCUT2D eigenvalue weighted by Crippen LogP contribution is 2.35. The van der Waals surface area contributed by atoms with E-state index in [-0.39, 0.29) is 5.41 Å². The number of rotatable bonds is 5. The van der Waals surface area contributed by atoms with Crippen LogP contribution in [0.1, 0.15) is 57.2 Å². The van der Waals surface area contributed by atoms with E-state index in [9.17, 15) is 5.11 Å². The molecule has 1 saturated heterocycles. The molecule has 1 aliphatic rings. The lowest BCUT2D eigenvalue weighted by atomic mass is 9.77. The van der Waals surface area contributed by atoms with Crippen molar-refractivity contribution in [2.75, 3.05) is 19.7 Å². The highest BCUT2D eigenvalue weighted by Gasteiger charge is 2.33. The zero-order chi connectivity index (χ0) is 15.6. The Balaban J connectivity index is 2.07. The van der Waals surface area contributed by atoms with Gasteiger partial charge in [0.25, 0.3) is 0 Å². The summed E-state index contributed by atoms with van der Waals surface area (Å²) in [5.41, 5.74) is 2.41. The molecule has 0 aromatic carbocycles. The van der Waals surface area contributed by atoms with Gasteiger partial charge in [0.2, 0.25) is 0 Å². The lowest BCUT2D eigenvalue weighted by Gasteiger charge is -2.40.